The molecular formula is C11H19N3O2. The van der Waals surface area contributed by atoms with Gasteiger partial charge >= 0.3 is 0 Å². The van der Waals surface area contributed by atoms with Crippen molar-refractivity contribution in [2.75, 3.05) is 0 Å². The summed E-state index contributed by atoms with van der Waals surface area (Å²) < 4.78 is 6.14. The number of fused-ring (bicyclic) bond motifs is 3. The lowest BCUT2D eigenvalue weighted by molar-refractivity contribution is -0.193. The predicted octanol–water partition coefficient (Wildman–Crippen LogP) is 1.80. The van der Waals surface area contributed by atoms with Gasteiger partial charge in [0, 0.05) is 5.92 Å². The summed E-state index contributed by atoms with van der Waals surface area (Å²) in [6, 6.07) is -0.414. The number of hydrogen-bond acceptors (Lipinski definition) is 5. The second-order valence-corrected chi connectivity index (χ2v) is 5.21. The molecule has 2 aliphatic heterocycles. The molecule has 1 saturated carbocycles. The van der Waals surface area contributed by atoms with Crippen LogP contribution < -0.4 is 5.84 Å². The van der Waals surface area contributed by atoms with Gasteiger partial charge in [-0.2, -0.15) is 10.0 Å². The highest BCUT2D eigenvalue weighted by atomic mass is 16.5. The average molecular weight is 225 g/mol. The lowest BCUT2D eigenvalue weighted by atomic mass is 9.64. The number of ether oxygens (including phenoxy) is 1. The summed E-state index contributed by atoms with van der Waals surface area (Å²) in [5.41, 5.74) is -0.170. The summed E-state index contributed by atoms with van der Waals surface area (Å²) in [6.45, 7) is 6.09. The van der Waals surface area contributed by atoms with Crippen LogP contribution in [0.25, 0.3) is 0 Å². The Bertz CT molecular complexity index is 344. The van der Waals surface area contributed by atoms with Crippen LogP contribution in [0.4, 0.5) is 0 Å². The molecule has 3 aliphatic rings. The lowest BCUT2D eigenvalue weighted by Crippen LogP contribution is -2.66. The Labute approximate surface area is 95.4 Å². The topological polar surface area (TPSA) is 77.0 Å². The van der Waals surface area contributed by atoms with Gasteiger partial charge in [-0.1, -0.05) is 12.1 Å². The van der Waals surface area contributed by atoms with E-state index in [9.17, 15) is 4.91 Å². The molecule has 2 bridgehead atoms. The molecule has 0 amide bonds. The minimum atomic E-state index is -0.507. The number of nitrogens with zero attached hydrogens (tertiary/aromatic N) is 2. The van der Waals surface area contributed by atoms with E-state index in [0.29, 0.717) is 5.71 Å². The first-order valence-corrected chi connectivity index (χ1v) is 5.81. The van der Waals surface area contributed by atoms with Crippen LogP contribution in [0.1, 0.15) is 40.0 Å². The normalized spacial score (nSPS) is 49.6. The number of rotatable bonds is 2. The van der Waals surface area contributed by atoms with Crippen LogP contribution in [0.2, 0.25) is 0 Å². The first-order valence-electron chi connectivity index (χ1n) is 5.81. The largest absolute Gasteiger partial charge is 0.363 e. The fourth-order valence-corrected chi connectivity index (χ4v) is 3.22. The first-order chi connectivity index (χ1) is 7.50. The van der Waals surface area contributed by atoms with E-state index >= 15 is 0 Å². The minimum Gasteiger partial charge on any atom is -0.363 e. The highest BCUT2D eigenvalue weighted by Gasteiger charge is 2.59. The SMILES string of the molecule is CCC1(C)OC2(C)CCC1C(N=O)C2=NN. The third-order valence-electron chi connectivity index (χ3n) is 4.33. The second-order valence-electron chi connectivity index (χ2n) is 5.21. The van der Waals surface area contributed by atoms with Crippen LogP contribution in [-0.4, -0.2) is 23.0 Å². The quantitative estimate of drug-likeness (QED) is 0.442. The summed E-state index contributed by atoms with van der Waals surface area (Å²) in [4.78, 5) is 11.0. The predicted molar refractivity (Wildman–Crippen MR) is 62.1 cm³/mol. The maximum atomic E-state index is 11.0. The molecule has 0 aromatic carbocycles. The third kappa shape index (κ3) is 1.30. The van der Waals surface area contributed by atoms with E-state index in [1.807, 2.05) is 6.92 Å². The Balaban J connectivity index is 2.46. The van der Waals surface area contributed by atoms with E-state index in [4.69, 9.17) is 10.6 Å². The average Bonchev–Trinajstić information content (AvgIpc) is 2.27. The fourth-order valence-electron chi connectivity index (χ4n) is 3.22. The van der Waals surface area contributed by atoms with Gasteiger partial charge in [0.15, 0.2) is 0 Å². The van der Waals surface area contributed by atoms with Gasteiger partial charge in [0.2, 0.25) is 0 Å². The Morgan fingerprint density at radius 1 is 1.56 bits per heavy atom. The molecule has 5 heteroatoms. The van der Waals surface area contributed by atoms with Crippen molar-refractivity contribution in [3.63, 3.8) is 0 Å². The van der Waals surface area contributed by atoms with Gasteiger partial charge in [0.25, 0.3) is 0 Å². The van der Waals surface area contributed by atoms with E-state index < -0.39 is 11.6 Å². The van der Waals surface area contributed by atoms with E-state index in [1.165, 1.54) is 0 Å². The highest BCUT2D eigenvalue weighted by Crippen LogP contribution is 2.50. The zero-order valence-corrected chi connectivity index (χ0v) is 10.1. The second kappa shape index (κ2) is 3.52. The summed E-state index contributed by atoms with van der Waals surface area (Å²) in [5, 5.41) is 6.98. The maximum absolute atomic E-state index is 11.0. The Kier molecular flexibility index (Phi) is 2.53. The molecule has 0 aromatic heterocycles. The van der Waals surface area contributed by atoms with Gasteiger partial charge in [-0.25, -0.2) is 0 Å². The number of hydrogen-bond donors (Lipinski definition) is 1. The fraction of sp³-hybridized carbons (Fsp3) is 0.909. The van der Waals surface area contributed by atoms with Gasteiger partial charge in [-0.15, -0.1) is 0 Å². The van der Waals surface area contributed by atoms with Crippen molar-refractivity contribution in [3.05, 3.63) is 4.91 Å². The van der Waals surface area contributed by atoms with Crippen molar-refractivity contribution >= 4 is 5.71 Å². The standard InChI is InChI=1S/C11H19N3O2/c1-4-10(2)7-5-6-11(3,16-10)9(13-12)8(7)14-15/h7-8H,4-6,12H2,1-3H3. The smallest absolute Gasteiger partial charge is 0.140 e. The van der Waals surface area contributed by atoms with Crippen LogP contribution in [-0.2, 0) is 4.74 Å². The third-order valence-corrected chi connectivity index (χ3v) is 4.33. The summed E-state index contributed by atoms with van der Waals surface area (Å²) in [5.74, 6) is 5.49. The molecule has 16 heavy (non-hydrogen) atoms. The molecule has 2 N–H and O–H groups in total. The molecule has 3 rings (SSSR count). The molecule has 2 saturated heterocycles. The number of nitrogens with two attached hydrogens (primary N) is 1. The Morgan fingerprint density at radius 3 is 2.75 bits per heavy atom. The van der Waals surface area contributed by atoms with Crippen LogP contribution >= 0.6 is 0 Å². The van der Waals surface area contributed by atoms with Crippen molar-refractivity contribution in [3.8, 4) is 0 Å². The minimum absolute atomic E-state index is 0.110. The highest BCUT2D eigenvalue weighted by molar-refractivity contribution is 5.98. The van der Waals surface area contributed by atoms with E-state index in [2.05, 4.69) is 24.1 Å². The molecular weight excluding hydrogens is 206 g/mol. The van der Waals surface area contributed by atoms with Gasteiger partial charge in [0.1, 0.15) is 11.6 Å². The van der Waals surface area contributed by atoms with Crippen molar-refractivity contribution in [2.24, 2.45) is 22.0 Å². The van der Waals surface area contributed by atoms with Crippen molar-refractivity contribution in [1.82, 2.24) is 0 Å². The van der Waals surface area contributed by atoms with E-state index in [1.54, 1.807) is 0 Å². The van der Waals surface area contributed by atoms with Crippen molar-refractivity contribution < 1.29 is 4.74 Å². The van der Waals surface area contributed by atoms with E-state index in [-0.39, 0.29) is 11.5 Å². The monoisotopic (exact) mass is 225 g/mol. The van der Waals surface area contributed by atoms with Gasteiger partial charge in [0.05, 0.1) is 11.3 Å². The Hall–Kier alpha value is -0.970. The maximum Gasteiger partial charge on any atom is 0.140 e. The first kappa shape index (κ1) is 11.5. The zero-order valence-electron chi connectivity index (χ0n) is 10.1. The molecule has 4 unspecified atom stereocenters. The molecule has 1 aliphatic carbocycles. The van der Waals surface area contributed by atoms with Crippen molar-refractivity contribution in [2.45, 2.75) is 57.3 Å². The molecule has 0 radical (unpaired) electrons. The van der Waals surface area contributed by atoms with Crippen LogP contribution in [0.3, 0.4) is 0 Å². The lowest BCUT2D eigenvalue weighted by Gasteiger charge is -2.56. The van der Waals surface area contributed by atoms with Gasteiger partial charge in [-0.05, 0) is 33.1 Å². The molecule has 2 heterocycles. The van der Waals surface area contributed by atoms with Crippen LogP contribution in [0.5, 0.6) is 0 Å². The summed E-state index contributed by atoms with van der Waals surface area (Å²) >= 11 is 0. The molecule has 0 spiro atoms. The molecule has 0 aromatic rings. The molecule has 3 fully saturated rings. The van der Waals surface area contributed by atoms with Gasteiger partial charge < -0.3 is 10.6 Å². The van der Waals surface area contributed by atoms with Gasteiger partial charge in [-0.3, -0.25) is 0 Å². The van der Waals surface area contributed by atoms with E-state index in [0.717, 1.165) is 19.3 Å². The number of nitroso groups, excluding NO2 is 1. The number of hydrazone groups is 1. The van der Waals surface area contributed by atoms with Crippen LogP contribution in [0.15, 0.2) is 10.3 Å². The summed E-state index contributed by atoms with van der Waals surface area (Å²) in [7, 11) is 0. The van der Waals surface area contributed by atoms with Crippen molar-refractivity contribution in [1.29, 1.82) is 0 Å². The molecule has 4 atom stereocenters. The van der Waals surface area contributed by atoms with Crippen LogP contribution in [0, 0.1) is 10.8 Å². The Morgan fingerprint density at radius 2 is 2.25 bits per heavy atom. The molecule has 90 valence electrons. The zero-order chi connectivity index (χ0) is 12.0. The summed E-state index contributed by atoms with van der Waals surface area (Å²) in [6.07, 6.45) is 2.70. The molecule has 5 nitrogen and oxygen atoms in total.